The second kappa shape index (κ2) is 5.94. The Kier molecular flexibility index (Phi) is 4.70. The lowest BCUT2D eigenvalue weighted by molar-refractivity contribution is 0.126. The molecule has 1 aliphatic rings. The van der Waals surface area contributed by atoms with Crippen molar-refractivity contribution in [2.45, 2.75) is 52.2 Å². The molecule has 2 rings (SSSR count). The van der Waals surface area contributed by atoms with Crippen LogP contribution in [-0.4, -0.2) is 17.8 Å². The zero-order valence-corrected chi connectivity index (χ0v) is 13.6. The molecule has 0 spiro atoms. The first-order valence-electron chi connectivity index (χ1n) is 7.07. The Balaban J connectivity index is 1.96. The number of nitrogens with one attached hydrogen (secondary N) is 1. The van der Waals surface area contributed by atoms with E-state index in [2.05, 4.69) is 53.3 Å². The van der Waals surface area contributed by atoms with Crippen LogP contribution < -0.4 is 5.32 Å². The van der Waals surface area contributed by atoms with Crippen LogP contribution in [0.2, 0.25) is 0 Å². The van der Waals surface area contributed by atoms with Crippen LogP contribution in [0.5, 0.6) is 0 Å². The van der Waals surface area contributed by atoms with Gasteiger partial charge in [0, 0.05) is 17.1 Å². The number of rotatable bonds is 5. The van der Waals surface area contributed by atoms with Gasteiger partial charge in [0.15, 0.2) is 0 Å². The van der Waals surface area contributed by atoms with Crippen LogP contribution in [0.15, 0.2) is 22.7 Å². The number of halogens is 1. The predicted octanol–water partition coefficient (Wildman–Crippen LogP) is 3.82. The van der Waals surface area contributed by atoms with Gasteiger partial charge in [0.05, 0.1) is 6.10 Å². The van der Waals surface area contributed by atoms with Crippen molar-refractivity contribution in [2.24, 2.45) is 5.41 Å². The largest absolute Gasteiger partial charge is 0.393 e. The molecule has 0 saturated carbocycles. The molecule has 0 bridgehead atoms. The van der Waals surface area contributed by atoms with Gasteiger partial charge < -0.3 is 10.4 Å². The number of aliphatic hydroxyl groups excluding tert-OH is 1. The molecule has 0 unspecified atom stereocenters. The standard InChI is InChI=1S/C16H24BrNO/c1-11(19)9-16(2,3)10-18-15-7-4-12-8-13(17)5-6-14(12)15/h5-6,8,11,15,18-19H,4,7,9-10H2,1-3H3/t11-,15-/m1/s1. The average Bonchev–Trinajstić information content (AvgIpc) is 2.67. The molecule has 0 saturated heterocycles. The van der Waals surface area contributed by atoms with Gasteiger partial charge in [-0.3, -0.25) is 0 Å². The zero-order valence-electron chi connectivity index (χ0n) is 12.0. The summed E-state index contributed by atoms with van der Waals surface area (Å²) in [6.45, 7) is 7.23. The minimum absolute atomic E-state index is 0.131. The quantitative estimate of drug-likeness (QED) is 0.862. The normalized spacial score (nSPS) is 20.4. The highest BCUT2D eigenvalue weighted by atomic mass is 79.9. The third-order valence-corrected chi connectivity index (χ3v) is 4.35. The highest BCUT2D eigenvalue weighted by molar-refractivity contribution is 9.10. The summed E-state index contributed by atoms with van der Waals surface area (Å²) in [5.74, 6) is 0. The van der Waals surface area contributed by atoms with Crippen molar-refractivity contribution in [1.29, 1.82) is 0 Å². The molecule has 0 aromatic heterocycles. The molecule has 2 N–H and O–H groups in total. The maximum Gasteiger partial charge on any atom is 0.0517 e. The molecule has 0 fully saturated rings. The van der Waals surface area contributed by atoms with Crippen molar-refractivity contribution in [1.82, 2.24) is 5.32 Å². The van der Waals surface area contributed by atoms with Crippen molar-refractivity contribution in [3.05, 3.63) is 33.8 Å². The van der Waals surface area contributed by atoms with Crippen molar-refractivity contribution in [2.75, 3.05) is 6.54 Å². The number of hydrogen-bond acceptors (Lipinski definition) is 2. The van der Waals surface area contributed by atoms with E-state index < -0.39 is 0 Å². The highest BCUT2D eigenvalue weighted by Crippen LogP contribution is 2.34. The summed E-state index contributed by atoms with van der Waals surface area (Å²) in [5.41, 5.74) is 3.03. The Morgan fingerprint density at radius 1 is 1.47 bits per heavy atom. The van der Waals surface area contributed by atoms with Crippen LogP contribution in [0.25, 0.3) is 0 Å². The fourth-order valence-electron chi connectivity index (χ4n) is 3.07. The van der Waals surface area contributed by atoms with Gasteiger partial charge in [-0.1, -0.05) is 35.8 Å². The molecule has 1 aromatic carbocycles. The Bertz CT molecular complexity index is 442. The fourth-order valence-corrected chi connectivity index (χ4v) is 3.48. The maximum absolute atomic E-state index is 9.54. The number of hydrogen-bond donors (Lipinski definition) is 2. The zero-order chi connectivity index (χ0) is 14.0. The molecule has 2 nitrogen and oxygen atoms in total. The van der Waals surface area contributed by atoms with Gasteiger partial charge in [-0.15, -0.1) is 0 Å². The molecule has 19 heavy (non-hydrogen) atoms. The summed E-state index contributed by atoms with van der Waals surface area (Å²) >= 11 is 3.53. The van der Waals surface area contributed by atoms with E-state index in [4.69, 9.17) is 0 Å². The van der Waals surface area contributed by atoms with Crippen LogP contribution in [0, 0.1) is 5.41 Å². The molecule has 0 amide bonds. The van der Waals surface area contributed by atoms with Crippen LogP contribution in [0.4, 0.5) is 0 Å². The molecule has 0 heterocycles. The highest BCUT2D eigenvalue weighted by Gasteiger charge is 2.26. The monoisotopic (exact) mass is 325 g/mol. The number of aliphatic hydroxyl groups is 1. The lowest BCUT2D eigenvalue weighted by atomic mass is 9.86. The summed E-state index contributed by atoms with van der Waals surface area (Å²) in [5, 5.41) is 13.2. The van der Waals surface area contributed by atoms with Gasteiger partial charge >= 0.3 is 0 Å². The summed E-state index contributed by atoms with van der Waals surface area (Å²) in [4.78, 5) is 0. The third kappa shape index (κ3) is 4.04. The second-order valence-corrected chi connectivity index (χ2v) is 7.45. The fraction of sp³-hybridized carbons (Fsp3) is 0.625. The maximum atomic E-state index is 9.54. The van der Waals surface area contributed by atoms with Gasteiger partial charge in [0.2, 0.25) is 0 Å². The first-order chi connectivity index (χ1) is 8.87. The SMILES string of the molecule is C[C@@H](O)CC(C)(C)CN[C@@H]1CCc2cc(Br)ccc21. The van der Waals surface area contributed by atoms with Crippen molar-refractivity contribution in [3.63, 3.8) is 0 Å². The van der Waals surface area contributed by atoms with E-state index in [1.807, 2.05) is 6.92 Å². The van der Waals surface area contributed by atoms with E-state index in [0.29, 0.717) is 6.04 Å². The van der Waals surface area contributed by atoms with Gasteiger partial charge in [-0.25, -0.2) is 0 Å². The smallest absolute Gasteiger partial charge is 0.0517 e. The minimum Gasteiger partial charge on any atom is -0.393 e. The van der Waals surface area contributed by atoms with E-state index >= 15 is 0 Å². The second-order valence-electron chi connectivity index (χ2n) is 6.53. The molecule has 2 atom stereocenters. The Labute approximate surface area is 124 Å². The van der Waals surface area contributed by atoms with Crippen LogP contribution >= 0.6 is 15.9 Å². The number of aryl methyl sites for hydroxylation is 1. The molecule has 0 aliphatic heterocycles. The Morgan fingerprint density at radius 3 is 2.89 bits per heavy atom. The topological polar surface area (TPSA) is 32.3 Å². The summed E-state index contributed by atoms with van der Waals surface area (Å²) in [6.07, 6.45) is 2.93. The lowest BCUT2D eigenvalue weighted by Gasteiger charge is -2.28. The van der Waals surface area contributed by atoms with E-state index in [0.717, 1.165) is 19.4 Å². The lowest BCUT2D eigenvalue weighted by Crippen LogP contribution is -2.33. The number of benzene rings is 1. The van der Waals surface area contributed by atoms with Gasteiger partial charge in [-0.05, 0) is 54.9 Å². The van der Waals surface area contributed by atoms with Crippen LogP contribution in [0.3, 0.4) is 0 Å². The van der Waals surface area contributed by atoms with E-state index in [1.165, 1.54) is 22.0 Å². The predicted molar refractivity (Wildman–Crippen MR) is 83.3 cm³/mol. The summed E-state index contributed by atoms with van der Waals surface area (Å²) < 4.78 is 1.17. The molecule has 1 aliphatic carbocycles. The average molecular weight is 326 g/mol. The van der Waals surface area contributed by atoms with Gasteiger partial charge in [0.25, 0.3) is 0 Å². The Morgan fingerprint density at radius 2 is 2.21 bits per heavy atom. The molecule has 0 radical (unpaired) electrons. The van der Waals surface area contributed by atoms with Gasteiger partial charge in [-0.2, -0.15) is 0 Å². The van der Waals surface area contributed by atoms with Crippen molar-refractivity contribution < 1.29 is 5.11 Å². The van der Waals surface area contributed by atoms with Crippen molar-refractivity contribution >= 4 is 15.9 Å². The molecule has 106 valence electrons. The minimum atomic E-state index is -0.233. The molecular weight excluding hydrogens is 302 g/mol. The van der Waals surface area contributed by atoms with Crippen LogP contribution in [-0.2, 0) is 6.42 Å². The molecule has 3 heteroatoms. The molecular formula is C16H24BrNO. The summed E-state index contributed by atoms with van der Waals surface area (Å²) in [7, 11) is 0. The van der Waals surface area contributed by atoms with Gasteiger partial charge in [0.1, 0.15) is 0 Å². The first kappa shape index (κ1) is 15.0. The van der Waals surface area contributed by atoms with E-state index in [9.17, 15) is 5.11 Å². The number of fused-ring (bicyclic) bond motifs is 1. The van der Waals surface area contributed by atoms with E-state index in [1.54, 1.807) is 0 Å². The Hall–Kier alpha value is -0.380. The third-order valence-electron chi connectivity index (χ3n) is 3.86. The van der Waals surface area contributed by atoms with Crippen molar-refractivity contribution in [3.8, 4) is 0 Å². The first-order valence-corrected chi connectivity index (χ1v) is 7.86. The van der Waals surface area contributed by atoms with E-state index in [-0.39, 0.29) is 11.5 Å². The molecule has 1 aromatic rings. The van der Waals surface area contributed by atoms with Crippen LogP contribution in [0.1, 0.15) is 50.8 Å². The summed E-state index contributed by atoms with van der Waals surface area (Å²) in [6, 6.07) is 7.06.